The van der Waals surface area contributed by atoms with Gasteiger partial charge in [0.1, 0.15) is 5.75 Å². The van der Waals surface area contributed by atoms with Gasteiger partial charge in [-0.1, -0.05) is 0 Å². The number of nitrogens with two attached hydrogens (primary N) is 1. The Morgan fingerprint density at radius 2 is 2.29 bits per heavy atom. The number of hydrazone groups is 1. The minimum absolute atomic E-state index is 0.687. The van der Waals surface area contributed by atoms with Gasteiger partial charge in [0.05, 0.1) is 26.5 Å². The van der Waals surface area contributed by atoms with Crippen molar-refractivity contribution in [2.75, 3.05) is 33.4 Å². The number of nitrogens with one attached hydrogen (secondary N) is 1. The largest absolute Gasteiger partial charge is 0.496 e. The molecule has 3 N–H and O–H groups in total. The zero-order chi connectivity index (χ0) is 15.1. The van der Waals surface area contributed by atoms with Gasteiger partial charge in [-0.15, -0.1) is 0 Å². The van der Waals surface area contributed by atoms with Gasteiger partial charge in [-0.2, -0.15) is 5.10 Å². The van der Waals surface area contributed by atoms with Crippen molar-refractivity contribution in [3.8, 4) is 5.75 Å². The van der Waals surface area contributed by atoms with E-state index in [1.165, 1.54) is 0 Å². The predicted molar refractivity (Wildman–Crippen MR) is 79.4 cm³/mol. The van der Waals surface area contributed by atoms with E-state index in [1.54, 1.807) is 13.3 Å². The highest BCUT2D eigenvalue weighted by Crippen LogP contribution is 2.21. The van der Waals surface area contributed by atoms with E-state index in [9.17, 15) is 4.79 Å². The number of morpholine rings is 1. The van der Waals surface area contributed by atoms with Gasteiger partial charge in [0.15, 0.2) is 0 Å². The van der Waals surface area contributed by atoms with Crippen LogP contribution in [0.1, 0.15) is 11.1 Å². The number of methoxy groups -OCH3 is 1. The van der Waals surface area contributed by atoms with Crippen molar-refractivity contribution in [3.05, 3.63) is 29.3 Å². The molecular formula is C14H20N4O3. The summed E-state index contributed by atoms with van der Waals surface area (Å²) >= 11 is 0. The van der Waals surface area contributed by atoms with Crippen LogP contribution in [-0.2, 0) is 11.3 Å². The molecule has 1 fully saturated rings. The second-order valence-corrected chi connectivity index (χ2v) is 4.69. The lowest BCUT2D eigenvalue weighted by Gasteiger charge is -2.27. The average molecular weight is 292 g/mol. The molecule has 0 unspecified atom stereocenters. The zero-order valence-corrected chi connectivity index (χ0v) is 12.0. The fourth-order valence-electron chi connectivity index (χ4n) is 2.17. The highest BCUT2D eigenvalue weighted by Gasteiger charge is 2.13. The van der Waals surface area contributed by atoms with Crippen LogP contribution in [0.2, 0.25) is 0 Å². The van der Waals surface area contributed by atoms with Crippen molar-refractivity contribution < 1.29 is 14.3 Å². The lowest BCUT2D eigenvalue weighted by Crippen LogP contribution is -2.35. The van der Waals surface area contributed by atoms with Gasteiger partial charge in [0, 0.05) is 25.2 Å². The minimum Gasteiger partial charge on any atom is -0.496 e. The molecule has 7 nitrogen and oxygen atoms in total. The molecule has 114 valence electrons. The van der Waals surface area contributed by atoms with Gasteiger partial charge < -0.3 is 15.2 Å². The Hall–Kier alpha value is -2.12. The van der Waals surface area contributed by atoms with Crippen LogP contribution in [0.4, 0.5) is 4.79 Å². The molecule has 1 heterocycles. The zero-order valence-electron chi connectivity index (χ0n) is 12.0. The molecule has 0 spiro atoms. The van der Waals surface area contributed by atoms with Crippen LogP contribution in [-0.4, -0.2) is 50.6 Å². The van der Waals surface area contributed by atoms with Gasteiger partial charge in [-0.25, -0.2) is 10.2 Å². The van der Waals surface area contributed by atoms with Crippen LogP contribution in [0.15, 0.2) is 23.3 Å². The first-order chi connectivity index (χ1) is 10.2. The quantitative estimate of drug-likeness (QED) is 0.612. The topological polar surface area (TPSA) is 89.2 Å². The number of carbonyl (C=O) groups is 1. The van der Waals surface area contributed by atoms with Crippen molar-refractivity contribution in [2.45, 2.75) is 6.54 Å². The Morgan fingerprint density at radius 1 is 1.52 bits per heavy atom. The number of ether oxygens (including phenoxy) is 2. The van der Waals surface area contributed by atoms with E-state index < -0.39 is 6.03 Å². The molecule has 0 saturated carbocycles. The summed E-state index contributed by atoms with van der Waals surface area (Å²) < 4.78 is 10.7. The first-order valence-electron chi connectivity index (χ1n) is 6.74. The molecule has 21 heavy (non-hydrogen) atoms. The maximum atomic E-state index is 10.6. The molecule has 1 saturated heterocycles. The van der Waals surface area contributed by atoms with Crippen molar-refractivity contribution in [3.63, 3.8) is 0 Å². The molecule has 1 aliphatic rings. The summed E-state index contributed by atoms with van der Waals surface area (Å²) in [5.41, 5.74) is 9.07. The average Bonchev–Trinajstić information content (AvgIpc) is 2.48. The lowest BCUT2D eigenvalue weighted by molar-refractivity contribution is 0.0339. The maximum Gasteiger partial charge on any atom is 0.332 e. The standard InChI is InChI=1S/C14H20N4O3/c1-20-13-3-2-11(9-16-17-14(15)19)8-12(13)10-18-4-6-21-7-5-18/h2-3,8-9H,4-7,10H2,1H3,(H3,15,17,19). The summed E-state index contributed by atoms with van der Waals surface area (Å²) in [6.07, 6.45) is 1.55. The SMILES string of the molecule is COc1ccc(C=NNC(N)=O)cc1CN1CCOCC1. The number of rotatable bonds is 5. The summed E-state index contributed by atoms with van der Waals surface area (Å²) in [4.78, 5) is 12.9. The molecule has 0 aromatic heterocycles. The number of hydrogen-bond donors (Lipinski definition) is 2. The number of primary amides is 1. The predicted octanol–water partition coefficient (Wildman–Crippen LogP) is 0.530. The van der Waals surface area contributed by atoms with E-state index in [0.29, 0.717) is 0 Å². The molecule has 1 aromatic rings. The number of hydrogen-bond acceptors (Lipinski definition) is 5. The molecule has 7 heteroatoms. The van der Waals surface area contributed by atoms with Crippen molar-refractivity contribution in [2.24, 2.45) is 10.8 Å². The van der Waals surface area contributed by atoms with Crippen molar-refractivity contribution in [1.82, 2.24) is 10.3 Å². The fraction of sp³-hybridized carbons (Fsp3) is 0.429. The molecule has 0 bridgehead atoms. The highest BCUT2D eigenvalue weighted by molar-refractivity contribution is 5.82. The van der Waals surface area contributed by atoms with E-state index in [-0.39, 0.29) is 0 Å². The Bertz CT molecular complexity index is 513. The first-order valence-corrected chi connectivity index (χ1v) is 6.74. The summed E-state index contributed by atoms with van der Waals surface area (Å²) in [6.45, 7) is 4.12. The number of urea groups is 1. The van der Waals surface area contributed by atoms with Crippen LogP contribution in [0.5, 0.6) is 5.75 Å². The van der Waals surface area contributed by atoms with Gasteiger partial charge >= 0.3 is 6.03 Å². The number of nitrogens with zero attached hydrogens (tertiary/aromatic N) is 2. The maximum absolute atomic E-state index is 10.6. The highest BCUT2D eigenvalue weighted by atomic mass is 16.5. The smallest absolute Gasteiger partial charge is 0.332 e. The van der Waals surface area contributed by atoms with Crippen LogP contribution in [0, 0.1) is 0 Å². The molecule has 2 rings (SSSR count). The summed E-state index contributed by atoms with van der Waals surface area (Å²) in [6, 6.07) is 5.06. The molecule has 0 radical (unpaired) electrons. The first kappa shape index (κ1) is 15.3. The van der Waals surface area contributed by atoms with Crippen molar-refractivity contribution >= 4 is 12.2 Å². The Balaban J connectivity index is 2.09. The van der Waals surface area contributed by atoms with Gasteiger partial charge in [0.2, 0.25) is 0 Å². The molecular weight excluding hydrogens is 272 g/mol. The number of benzene rings is 1. The van der Waals surface area contributed by atoms with E-state index >= 15 is 0 Å². The molecule has 1 aliphatic heterocycles. The van der Waals surface area contributed by atoms with Crippen LogP contribution >= 0.6 is 0 Å². The lowest BCUT2D eigenvalue weighted by atomic mass is 10.1. The Morgan fingerprint density at radius 3 is 2.95 bits per heavy atom. The van der Waals surface area contributed by atoms with Crippen LogP contribution in [0.25, 0.3) is 0 Å². The third-order valence-electron chi connectivity index (χ3n) is 3.19. The van der Waals surface area contributed by atoms with Crippen LogP contribution < -0.4 is 15.9 Å². The fourth-order valence-corrected chi connectivity index (χ4v) is 2.17. The monoisotopic (exact) mass is 292 g/mol. The van der Waals surface area contributed by atoms with Gasteiger partial charge in [-0.05, 0) is 23.8 Å². The van der Waals surface area contributed by atoms with E-state index in [1.807, 2.05) is 18.2 Å². The molecule has 1 aromatic carbocycles. The van der Waals surface area contributed by atoms with E-state index in [2.05, 4.69) is 15.4 Å². The Kier molecular flexibility index (Phi) is 5.53. The normalized spacial score (nSPS) is 16.0. The van der Waals surface area contributed by atoms with Crippen molar-refractivity contribution in [1.29, 1.82) is 0 Å². The third-order valence-corrected chi connectivity index (χ3v) is 3.19. The molecule has 2 amide bonds. The van der Waals surface area contributed by atoms with Gasteiger partial charge in [0.25, 0.3) is 0 Å². The number of carbonyl (C=O) groups excluding carboxylic acids is 1. The minimum atomic E-state index is -0.687. The van der Waals surface area contributed by atoms with Gasteiger partial charge in [-0.3, -0.25) is 4.90 Å². The second-order valence-electron chi connectivity index (χ2n) is 4.69. The summed E-state index contributed by atoms with van der Waals surface area (Å²) in [5.74, 6) is 0.835. The number of amides is 2. The Labute approximate surface area is 123 Å². The van der Waals surface area contributed by atoms with E-state index in [0.717, 1.165) is 49.7 Å². The summed E-state index contributed by atoms with van der Waals surface area (Å²) in [5, 5.41) is 3.76. The van der Waals surface area contributed by atoms with E-state index in [4.69, 9.17) is 15.2 Å². The second kappa shape index (κ2) is 7.61. The van der Waals surface area contributed by atoms with Crippen LogP contribution in [0.3, 0.4) is 0 Å². The molecule has 0 atom stereocenters. The summed E-state index contributed by atoms with van der Waals surface area (Å²) in [7, 11) is 1.65. The molecule has 0 aliphatic carbocycles. The third kappa shape index (κ3) is 4.73.